The Hall–Kier alpha value is -1.45. The van der Waals surface area contributed by atoms with Gasteiger partial charge in [0.05, 0.1) is 0 Å². The number of halogens is 3. The molecule has 0 aliphatic carbocycles. The molecule has 0 amide bonds. The fourth-order valence-corrected chi connectivity index (χ4v) is 1.28. The predicted molar refractivity (Wildman–Crippen MR) is 58.2 cm³/mol. The summed E-state index contributed by atoms with van der Waals surface area (Å²) in [5.74, 6) is 0.160. The summed E-state index contributed by atoms with van der Waals surface area (Å²) in [6.45, 7) is 10.4. The maximum absolute atomic E-state index is 12.5. The molecule has 0 bridgehead atoms. The van der Waals surface area contributed by atoms with Crippen molar-refractivity contribution in [3.63, 3.8) is 0 Å². The maximum atomic E-state index is 12.5. The van der Waals surface area contributed by atoms with Crippen molar-refractivity contribution in [1.82, 2.24) is 4.90 Å². The second-order valence-corrected chi connectivity index (χ2v) is 3.92. The van der Waals surface area contributed by atoms with Crippen molar-refractivity contribution >= 4 is 0 Å². The molecule has 0 fully saturated rings. The lowest BCUT2D eigenvalue weighted by molar-refractivity contribution is -0.104. The van der Waals surface area contributed by atoms with E-state index in [0.717, 1.165) is 10.5 Å². The highest BCUT2D eigenvalue weighted by atomic mass is 19.4. The van der Waals surface area contributed by atoms with Gasteiger partial charge in [-0.15, -0.1) is 0 Å². The summed E-state index contributed by atoms with van der Waals surface area (Å²) >= 11 is 0. The molecule has 0 aromatic carbocycles. The molecule has 0 radical (unpaired) electrons. The third-order valence-electron chi connectivity index (χ3n) is 2.34. The molecule has 1 aliphatic heterocycles. The zero-order chi connectivity index (χ0) is 12.5. The lowest BCUT2D eigenvalue weighted by atomic mass is 10.0. The molecule has 16 heavy (non-hydrogen) atoms. The van der Waals surface area contributed by atoms with Crippen LogP contribution in [0.1, 0.15) is 13.8 Å². The maximum Gasteiger partial charge on any atom is 0.431 e. The standard InChI is InChI=1S/C12H14F3N/c1-8(2)11-6-5-9(3)16(7-11)10(4)12(13,14)15/h5-8H,3-4H2,1-2H3. The van der Waals surface area contributed by atoms with Gasteiger partial charge in [-0.25, -0.2) is 0 Å². The van der Waals surface area contributed by atoms with Crippen molar-refractivity contribution in [1.29, 1.82) is 0 Å². The van der Waals surface area contributed by atoms with Gasteiger partial charge in [-0.2, -0.15) is 13.2 Å². The molecule has 1 heterocycles. The molecule has 1 aliphatic rings. The zero-order valence-electron chi connectivity index (χ0n) is 9.30. The highest BCUT2D eigenvalue weighted by molar-refractivity contribution is 5.37. The monoisotopic (exact) mass is 229 g/mol. The number of nitrogens with zero attached hydrogens (tertiary/aromatic N) is 1. The number of hydrogen-bond acceptors (Lipinski definition) is 1. The van der Waals surface area contributed by atoms with Gasteiger partial charge in [-0.1, -0.05) is 33.1 Å². The zero-order valence-corrected chi connectivity index (χ0v) is 9.30. The quantitative estimate of drug-likeness (QED) is 0.692. The van der Waals surface area contributed by atoms with Crippen LogP contribution in [0.15, 0.2) is 48.5 Å². The van der Waals surface area contributed by atoms with Gasteiger partial charge in [0, 0.05) is 11.9 Å². The molecule has 0 saturated carbocycles. The summed E-state index contributed by atoms with van der Waals surface area (Å²) in [4.78, 5) is 0.981. The first-order valence-electron chi connectivity index (χ1n) is 4.87. The van der Waals surface area contributed by atoms with Crippen LogP contribution in [-0.2, 0) is 0 Å². The second-order valence-electron chi connectivity index (χ2n) is 3.92. The summed E-state index contributed by atoms with van der Waals surface area (Å²) < 4.78 is 37.5. The topological polar surface area (TPSA) is 3.24 Å². The molecule has 0 aromatic heterocycles. The van der Waals surface area contributed by atoms with Crippen LogP contribution in [0.5, 0.6) is 0 Å². The molecular formula is C12H14F3N. The van der Waals surface area contributed by atoms with Crippen LogP contribution < -0.4 is 0 Å². The van der Waals surface area contributed by atoms with E-state index in [1.165, 1.54) is 6.20 Å². The fraction of sp³-hybridized carbons (Fsp3) is 0.333. The highest BCUT2D eigenvalue weighted by Gasteiger charge is 2.36. The summed E-state index contributed by atoms with van der Waals surface area (Å²) in [5, 5.41) is 0. The molecule has 4 heteroatoms. The first kappa shape index (κ1) is 12.6. The van der Waals surface area contributed by atoms with Gasteiger partial charge in [-0.05, 0) is 17.6 Å². The molecule has 0 aromatic rings. The molecule has 0 N–H and O–H groups in total. The average molecular weight is 229 g/mol. The van der Waals surface area contributed by atoms with Crippen molar-refractivity contribution in [3.05, 3.63) is 48.5 Å². The SMILES string of the molecule is C=C1C=CC(C(C)C)=CN1C(=C)C(F)(F)F. The number of allylic oxidation sites excluding steroid dienone is 4. The van der Waals surface area contributed by atoms with E-state index in [4.69, 9.17) is 0 Å². The molecule has 1 nitrogen and oxygen atoms in total. The Bertz CT molecular complexity index is 372. The van der Waals surface area contributed by atoms with Crippen LogP contribution >= 0.6 is 0 Å². The second kappa shape index (κ2) is 4.20. The Morgan fingerprint density at radius 2 is 1.88 bits per heavy atom. The highest BCUT2D eigenvalue weighted by Crippen LogP contribution is 2.32. The summed E-state index contributed by atoms with van der Waals surface area (Å²) in [6, 6.07) is 0. The average Bonchev–Trinajstić information content (AvgIpc) is 2.15. The Morgan fingerprint density at radius 1 is 1.31 bits per heavy atom. The van der Waals surface area contributed by atoms with E-state index < -0.39 is 11.9 Å². The van der Waals surface area contributed by atoms with Crippen LogP contribution in [0.3, 0.4) is 0 Å². The number of rotatable bonds is 2. The molecule has 0 atom stereocenters. The smallest absolute Gasteiger partial charge is 0.314 e. The predicted octanol–water partition coefficient (Wildman–Crippen LogP) is 3.99. The van der Waals surface area contributed by atoms with Gasteiger partial charge in [0.1, 0.15) is 5.70 Å². The molecular weight excluding hydrogens is 215 g/mol. The Labute approximate surface area is 93.2 Å². The molecule has 0 unspecified atom stereocenters. The van der Waals surface area contributed by atoms with Crippen LogP contribution in [0.2, 0.25) is 0 Å². The van der Waals surface area contributed by atoms with E-state index in [-0.39, 0.29) is 11.6 Å². The van der Waals surface area contributed by atoms with Gasteiger partial charge < -0.3 is 4.90 Å². The molecule has 0 saturated heterocycles. The third kappa shape index (κ3) is 2.56. The largest absolute Gasteiger partial charge is 0.431 e. The molecule has 0 spiro atoms. The van der Waals surface area contributed by atoms with E-state index in [1.807, 2.05) is 13.8 Å². The first-order valence-corrected chi connectivity index (χ1v) is 4.87. The summed E-state index contributed by atoms with van der Waals surface area (Å²) in [6.07, 6.45) is 0.328. The Kier molecular flexibility index (Phi) is 3.31. The minimum atomic E-state index is -4.44. The van der Waals surface area contributed by atoms with Crippen LogP contribution in [-0.4, -0.2) is 11.1 Å². The lowest BCUT2D eigenvalue weighted by Gasteiger charge is -2.28. The van der Waals surface area contributed by atoms with E-state index in [0.29, 0.717) is 0 Å². The van der Waals surface area contributed by atoms with Gasteiger partial charge in [0.2, 0.25) is 0 Å². The lowest BCUT2D eigenvalue weighted by Crippen LogP contribution is -2.27. The minimum absolute atomic E-state index is 0.160. The third-order valence-corrected chi connectivity index (χ3v) is 2.34. The van der Waals surface area contributed by atoms with Gasteiger partial charge >= 0.3 is 6.18 Å². The minimum Gasteiger partial charge on any atom is -0.314 e. The van der Waals surface area contributed by atoms with Crippen molar-refractivity contribution in [2.75, 3.05) is 0 Å². The van der Waals surface area contributed by atoms with Crippen molar-refractivity contribution in [2.45, 2.75) is 20.0 Å². The van der Waals surface area contributed by atoms with Crippen molar-refractivity contribution in [2.24, 2.45) is 5.92 Å². The van der Waals surface area contributed by atoms with Gasteiger partial charge in [0.25, 0.3) is 0 Å². The summed E-state index contributed by atoms with van der Waals surface area (Å²) in [7, 11) is 0. The van der Waals surface area contributed by atoms with E-state index in [1.54, 1.807) is 12.2 Å². The van der Waals surface area contributed by atoms with E-state index in [9.17, 15) is 13.2 Å². The number of hydrogen-bond donors (Lipinski definition) is 0. The van der Waals surface area contributed by atoms with Crippen LogP contribution in [0.25, 0.3) is 0 Å². The molecule has 88 valence electrons. The van der Waals surface area contributed by atoms with E-state index >= 15 is 0 Å². The van der Waals surface area contributed by atoms with Gasteiger partial charge in [0.15, 0.2) is 0 Å². The van der Waals surface area contributed by atoms with Crippen molar-refractivity contribution in [3.8, 4) is 0 Å². The van der Waals surface area contributed by atoms with Crippen LogP contribution in [0, 0.1) is 5.92 Å². The normalized spacial score (nSPS) is 16.8. The summed E-state index contributed by atoms with van der Waals surface area (Å²) in [5.41, 5.74) is 0.171. The van der Waals surface area contributed by atoms with E-state index in [2.05, 4.69) is 13.2 Å². The fourth-order valence-electron chi connectivity index (χ4n) is 1.28. The Balaban J connectivity index is 3.01. The van der Waals surface area contributed by atoms with Crippen LogP contribution in [0.4, 0.5) is 13.2 Å². The molecule has 1 rings (SSSR count). The Morgan fingerprint density at radius 3 is 2.31 bits per heavy atom. The van der Waals surface area contributed by atoms with Gasteiger partial charge in [-0.3, -0.25) is 0 Å². The van der Waals surface area contributed by atoms with Crippen molar-refractivity contribution < 1.29 is 13.2 Å². The number of alkyl halides is 3. The first-order chi connectivity index (χ1) is 7.23.